The lowest BCUT2D eigenvalue weighted by Gasteiger charge is -2.25. The minimum atomic E-state index is -4.98. The average molecular weight is 715 g/mol. The van der Waals surface area contributed by atoms with E-state index in [1.165, 1.54) is 12.1 Å². The average Bonchev–Trinajstić information content (AvgIpc) is 3.04. The molecule has 4 aromatic rings. The maximum atomic E-state index is 13.6. The standard InChI is InChI=1S/C39H40Cl2F3NO4/c1-38(2,3)49-37(47)30-9-5-26(6-10-30)23-31(36(46)39(42,43)44)24-27-7-19-34(20-8-27)48-22-21-45(4)25-35(28-11-15-32(40)16-12-28)29-13-17-33(41)18-14-29/h5-20,31,35H,21-25H2,1-4H3. The van der Waals surface area contributed by atoms with Crippen LogP contribution in [0.25, 0.3) is 0 Å². The molecule has 5 nitrogen and oxygen atoms in total. The Labute approximate surface area is 295 Å². The van der Waals surface area contributed by atoms with E-state index in [0.717, 1.165) is 11.1 Å². The van der Waals surface area contributed by atoms with Crippen LogP contribution in [0, 0.1) is 5.92 Å². The molecule has 0 heterocycles. The third-order valence-electron chi connectivity index (χ3n) is 7.91. The Morgan fingerprint density at radius 2 is 1.20 bits per heavy atom. The van der Waals surface area contributed by atoms with Gasteiger partial charge in [-0.25, -0.2) is 4.79 Å². The van der Waals surface area contributed by atoms with Gasteiger partial charge in [0.1, 0.15) is 18.0 Å². The van der Waals surface area contributed by atoms with Gasteiger partial charge < -0.3 is 14.4 Å². The normalized spacial score (nSPS) is 12.6. The zero-order chi connectivity index (χ0) is 35.8. The maximum absolute atomic E-state index is 13.6. The molecule has 0 N–H and O–H groups in total. The largest absolute Gasteiger partial charge is 0.492 e. The fourth-order valence-corrected chi connectivity index (χ4v) is 5.66. The number of alkyl halides is 3. The molecule has 260 valence electrons. The Bertz CT molecular complexity index is 1620. The molecule has 1 unspecified atom stereocenters. The van der Waals surface area contributed by atoms with Gasteiger partial charge in [-0.05, 0) is 111 Å². The van der Waals surface area contributed by atoms with Crippen molar-refractivity contribution in [3.8, 4) is 5.75 Å². The molecule has 0 amide bonds. The topological polar surface area (TPSA) is 55.8 Å². The highest BCUT2D eigenvalue weighted by Crippen LogP contribution is 2.29. The van der Waals surface area contributed by atoms with Crippen LogP contribution in [0.5, 0.6) is 5.75 Å². The fraction of sp³-hybridized carbons (Fsp3) is 0.333. The van der Waals surface area contributed by atoms with Crippen molar-refractivity contribution in [2.45, 2.75) is 51.3 Å². The number of Topliss-reactive ketones (excluding diaryl/α,β-unsaturated/α-hetero) is 1. The molecule has 0 aromatic heterocycles. The Balaban J connectivity index is 1.35. The van der Waals surface area contributed by atoms with E-state index in [-0.39, 0.29) is 24.3 Å². The van der Waals surface area contributed by atoms with Gasteiger partial charge in [0.15, 0.2) is 0 Å². The number of hydrogen-bond acceptors (Lipinski definition) is 5. The summed E-state index contributed by atoms with van der Waals surface area (Å²) in [7, 11) is 2.01. The van der Waals surface area contributed by atoms with Crippen molar-refractivity contribution in [3.63, 3.8) is 0 Å². The second-order valence-corrected chi connectivity index (χ2v) is 13.9. The third kappa shape index (κ3) is 11.9. The third-order valence-corrected chi connectivity index (χ3v) is 8.41. The van der Waals surface area contributed by atoms with Crippen LogP contribution in [0.4, 0.5) is 13.2 Å². The van der Waals surface area contributed by atoms with Crippen molar-refractivity contribution in [2.24, 2.45) is 5.92 Å². The van der Waals surface area contributed by atoms with Gasteiger partial charge in [-0.15, -0.1) is 0 Å². The summed E-state index contributed by atoms with van der Waals surface area (Å²) in [4.78, 5) is 26.9. The van der Waals surface area contributed by atoms with Gasteiger partial charge in [0.05, 0.1) is 5.56 Å². The van der Waals surface area contributed by atoms with Crippen molar-refractivity contribution in [3.05, 3.63) is 135 Å². The van der Waals surface area contributed by atoms with Crippen LogP contribution >= 0.6 is 23.2 Å². The molecule has 49 heavy (non-hydrogen) atoms. The van der Waals surface area contributed by atoms with Crippen molar-refractivity contribution >= 4 is 35.0 Å². The predicted molar refractivity (Wildman–Crippen MR) is 188 cm³/mol. The van der Waals surface area contributed by atoms with Gasteiger partial charge in [0, 0.05) is 35.0 Å². The first kappa shape index (κ1) is 38.0. The molecule has 0 saturated carbocycles. The van der Waals surface area contributed by atoms with Crippen molar-refractivity contribution in [2.75, 3.05) is 26.7 Å². The minimum absolute atomic E-state index is 0.0779. The monoisotopic (exact) mass is 713 g/mol. The van der Waals surface area contributed by atoms with Crippen molar-refractivity contribution in [1.29, 1.82) is 0 Å². The van der Waals surface area contributed by atoms with Crippen LogP contribution in [0.15, 0.2) is 97.1 Å². The summed E-state index contributed by atoms with van der Waals surface area (Å²) in [6.07, 6.45) is -5.22. The van der Waals surface area contributed by atoms with E-state index in [2.05, 4.69) is 4.90 Å². The first-order valence-corrected chi connectivity index (χ1v) is 16.7. The molecule has 0 bridgehead atoms. The molecule has 0 aliphatic heterocycles. The van der Waals surface area contributed by atoms with E-state index in [1.807, 2.05) is 55.6 Å². The lowest BCUT2D eigenvalue weighted by molar-refractivity contribution is -0.175. The van der Waals surface area contributed by atoms with Crippen molar-refractivity contribution < 1.29 is 32.2 Å². The van der Waals surface area contributed by atoms with Crippen LogP contribution in [0.1, 0.15) is 59.3 Å². The highest BCUT2D eigenvalue weighted by Gasteiger charge is 2.43. The second kappa shape index (κ2) is 16.7. The maximum Gasteiger partial charge on any atom is 0.450 e. The molecular weight excluding hydrogens is 674 g/mol. The Morgan fingerprint density at radius 3 is 1.65 bits per heavy atom. The number of halogens is 5. The Kier molecular flexibility index (Phi) is 12.9. The number of ketones is 1. The highest BCUT2D eigenvalue weighted by atomic mass is 35.5. The molecule has 4 aromatic carbocycles. The number of ether oxygens (including phenoxy) is 2. The Morgan fingerprint density at radius 1 is 0.735 bits per heavy atom. The van der Waals surface area contributed by atoms with E-state index >= 15 is 0 Å². The number of likely N-dealkylation sites (N-methyl/N-ethyl adjacent to an activating group) is 1. The summed E-state index contributed by atoms with van der Waals surface area (Å²) >= 11 is 12.3. The molecule has 0 fully saturated rings. The molecule has 1 atom stereocenters. The first-order valence-electron chi connectivity index (χ1n) is 15.9. The minimum Gasteiger partial charge on any atom is -0.492 e. The summed E-state index contributed by atoms with van der Waals surface area (Å²) in [5.41, 5.74) is 2.92. The van der Waals surface area contributed by atoms with Gasteiger partial charge in [0.2, 0.25) is 5.78 Å². The molecule has 0 aliphatic rings. The number of esters is 1. The van der Waals surface area contributed by atoms with Gasteiger partial charge in [0.25, 0.3) is 0 Å². The van der Waals surface area contributed by atoms with E-state index in [4.69, 9.17) is 32.7 Å². The number of carbonyl (C=O) groups is 2. The quantitative estimate of drug-likeness (QED) is 0.122. The zero-order valence-electron chi connectivity index (χ0n) is 27.9. The fourth-order valence-electron chi connectivity index (χ4n) is 5.41. The van der Waals surface area contributed by atoms with Gasteiger partial charge in [-0.2, -0.15) is 13.2 Å². The predicted octanol–water partition coefficient (Wildman–Crippen LogP) is 9.62. The van der Waals surface area contributed by atoms with E-state index in [0.29, 0.717) is 46.6 Å². The van der Waals surface area contributed by atoms with E-state index in [9.17, 15) is 22.8 Å². The Hall–Kier alpha value is -3.85. The van der Waals surface area contributed by atoms with Crippen LogP contribution in [-0.2, 0) is 22.4 Å². The SMILES string of the molecule is CN(CCOc1ccc(CC(Cc2ccc(C(=O)OC(C)(C)C)cc2)C(=O)C(F)(F)F)cc1)CC(c1ccc(Cl)cc1)c1ccc(Cl)cc1. The highest BCUT2D eigenvalue weighted by molar-refractivity contribution is 6.30. The smallest absolute Gasteiger partial charge is 0.450 e. The molecular formula is C39H40Cl2F3NO4. The summed E-state index contributed by atoms with van der Waals surface area (Å²) in [6, 6.07) is 28.4. The summed E-state index contributed by atoms with van der Waals surface area (Å²) in [6.45, 7) is 6.95. The van der Waals surface area contributed by atoms with Crippen LogP contribution in [0.2, 0.25) is 10.0 Å². The number of rotatable bonds is 14. The van der Waals surface area contributed by atoms with Crippen LogP contribution in [0.3, 0.4) is 0 Å². The van der Waals surface area contributed by atoms with E-state index in [1.54, 1.807) is 57.2 Å². The molecule has 4 rings (SSSR count). The summed E-state index contributed by atoms with van der Waals surface area (Å²) in [5.74, 6) is -3.00. The molecule has 0 saturated heterocycles. The summed E-state index contributed by atoms with van der Waals surface area (Å²) < 4.78 is 52.0. The van der Waals surface area contributed by atoms with Crippen LogP contribution < -0.4 is 4.74 Å². The number of nitrogens with zero attached hydrogens (tertiary/aromatic N) is 1. The van der Waals surface area contributed by atoms with Gasteiger partial charge >= 0.3 is 12.1 Å². The number of carbonyl (C=O) groups excluding carboxylic acids is 2. The lowest BCUT2D eigenvalue weighted by Crippen LogP contribution is -2.33. The summed E-state index contributed by atoms with van der Waals surface area (Å²) in [5, 5.41) is 1.33. The molecule has 0 spiro atoms. The lowest BCUT2D eigenvalue weighted by atomic mass is 9.88. The first-order chi connectivity index (χ1) is 23.1. The molecule has 0 aliphatic carbocycles. The number of hydrogen-bond donors (Lipinski definition) is 0. The van der Waals surface area contributed by atoms with Gasteiger partial charge in [-0.3, -0.25) is 4.79 Å². The van der Waals surface area contributed by atoms with Crippen LogP contribution in [-0.4, -0.2) is 55.2 Å². The molecule has 0 radical (unpaired) electrons. The van der Waals surface area contributed by atoms with Gasteiger partial charge in [-0.1, -0.05) is 71.7 Å². The van der Waals surface area contributed by atoms with Crippen molar-refractivity contribution in [1.82, 2.24) is 4.90 Å². The van der Waals surface area contributed by atoms with E-state index < -0.39 is 29.4 Å². The second-order valence-electron chi connectivity index (χ2n) is 13.1. The number of benzene rings is 4. The molecule has 10 heteroatoms. The zero-order valence-corrected chi connectivity index (χ0v) is 29.4.